The topological polar surface area (TPSA) is 63.3 Å². The molecular formula is C8H13F2NO2. The lowest BCUT2D eigenvalue weighted by Crippen LogP contribution is -2.47. The van der Waals surface area contributed by atoms with Crippen LogP contribution in [0.15, 0.2) is 0 Å². The third-order valence-electron chi connectivity index (χ3n) is 2.62. The van der Waals surface area contributed by atoms with Crippen molar-refractivity contribution in [3.05, 3.63) is 0 Å². The Hall–Kier alpha value is -0.710. The molecule has 1 rings (SSSR count). The van der Waals surface area contributed by atoms with E-state index < -0.39 is 30.3 Å². The monoisotopic (exact) mass is 193 g/mol. The van der Waals surface area contributed by atoms with Gasteiger partial charge in [-0.3, -0.25) is 4.79 Å². The zero-order chi connectivity index (χ0) is 10.1. The Morgan fingerprint density at radius 3 is 2.38 bits per heavy atom. The van der Waals surface area contributed by atoms with Crippen molar-refractivity contribution in [1.29, 1.82) is 0 Å². The molecule has 0 aromatic rings. The lowest BCUT2D eigenvalue weighted by atomic mass is 9.72. The van der Waals surface area contributed by atoms with Crippen molar-refractivity contribution in [1.82, 2.24) is 0 Å². The van der Waals surface area contributed by atoms with Gasteiger partial charge in [-0.2, -0.15) is 0 Å². The molecule has 3 nitrogen and oxygen atoms in total. The number of aliphatic hydroxyl groups is 1. The molecule has 1 fully saturated rings. The molecule has 0 aromatic carbocycles. The van der Waals surface area contributed by atoms with E-state index in [1.54, 1.807) is 0 Å². The van der Waals surface area contributed by atoms with Crippen molar-refractivity contribution in [2.75, 3.05) is 6.61 Å². The number of alkyl halides is 2. The van der Waals surface area contributed by atoms with Gasteiger partial charge in [0, 0.05) is 12.8 Å². The number of hydrogen-bond acceptors (Lipinski definition) is 2. The molecule has 0 heterocycles. The highest BCUT2D eigenvalue weighted by Crippen LogP contribution is 2.44. The van der Waals surface area contributed by atoms with Crippen LogP contribution in [0.5, 0.6) is 0 Å². The highest BCUT2D eigenvalue weighted by molar-refractivity contribution is 5.81. The number of carbonyl (C=O) groups excluding carboxylic acids is 1. The first-order chi connectivity index (χ1) is 5.92. The molecule has 5 heteroatoms. The largest absolute Gasteiger partial charge is 0.395 e. The SMILES string of the molecule is NC(=O)C1(CO)CCCC(F)(F)C1. The molecular weight excluding hydrogens is 180 g/mol. The normalized spacial score (nSPS) is 32.8. The summed E-state index contributed by atoms with van der Waals surface area (Å²) >= 11 is 0. The van der Waals surface area contributed by atoms with Crippen molar-refractivity contribution in [3.63, 3.8) is 0 Å². The molecule has 13 heavy (non-hydrogen) atoms. The summed E-state index contributed by atoms with van der Waals surface area (Å²) in [6.45, 7) is -0.585. The predicted molar refractivity (Wildman–Crippen MR) is 42.1 cm³/mol. The number of nitrogens with two attached hydrogens (primary N) is 1. The quantitative estimate of drug-likeness (QED) is 0.676. The standard InChI is InChI=1S/C8H13F2NO2/c9-8(10)3-1-2-7(4-8,5-12)6(11)13/h12H,1-5H2,(H2,11,13). The van der Waals surface area contributed by atoms with Crippen molar-refractivity contribution in [2.45, 2.75) is 31.6 Å². The van der Waals surface area contributed by atoms with Gasteiger partial charge in [0.05, 0.1) is 12.0 Å². The molecule has 0 aliphatic heterocycles. The predicted octanol–water partition coefficient (Wildman–Crippen LogP) is 0.660. The second kappa shape index (κ2) is 3.21. The van der Waals surface area contributed by atoms with Gasteiger partial charge in [-0.25, -0.2) is 8.78 Å². The van der Waals surface area contributed by atoms with E-state index in [-0.39, 0.29) is 19.3 Å². The molecule has 1 amide bonds. The highest BCUT2D eigenvalue weighted by atomic mass is 19.3. The molecule has 1 aliphatic rings. The Bertz CT molecular complexity index is 220. The van der Waals surface area contributed by atoms with Gasteiger partial charge in [0.15, 0.2) is 0 Å². The summed E-state index contributed by atoms with van der Waals surface area (Å²) in [4.78, 5) is 10.9. The second-order valence-corrected chi connectivity index (χ2v) is 3.69. The zero-order valence-electron chi connectivity index (χ0n) is 7.22. The van der Waals surface area contributed by atoms with Crippen LogP contribution in [0.3, 0.4) is 0 Å². The number of hydrogen-bond donors (Lipinski definition) is 2. The van der Waals surface area contributed by atoms with E-state index in [1.807, 2.05) is 0 Å². The Labute approximate surface area is 74.9 Å². The summed E-state index contributed by atoms with van der Waals surface area (Å²) in [6.07, 6.45) is -0.348. The minimum atomic E-state index is -2.87. The van der Waals surface area contributed by atoms with E-state index in [4.69, 9.17) is 10.8 Å². The molecule has 76 valence electrons. The Balaban J connectivity index is 2.82. The lowest BCUT2D eigenvalue weighted by Gasteiger charge is -2.36. The fraction of sp³-hybridized carbons (Fsp3) is 0.875. The van der Waals surface area contributed by atoms with Crippen LogP contribution in [0.2, 0.25) is 0 Å². The lowest BCUT2D eigenvalue weighted by molar-refractivity contribution is -0.146. The first-order valence-corrected chi connectivity index (χ1v) is 4.20. The van der Waals surface area contributed by atoms with Gasteiger partial charge < -0.3 is 10.8 Å². The van der Waals surface area contributed by atoms with Gasteiger partial charge in [-0.15, -0.1) is 0 Å². The minimum absolute atomic E-state index is 0.220. The summed E-state index contributed by atoms with van der Waals surface area (Å²) in [5.41, 5.74) is 3.60. The first-order valence-electron chi connectivity index (χ1n) is 4.20. The minimum Gasteiger partial charge on any atom is -0.395 e. The summed E-state index contributed by atoms with van der Waals surface area (Å²) in [5, 5.41) is 8.91. The molecule has 1 aliphatic carbocycles. The summed E-state index contributed by atoms with van der Waals surface area (Å²) in [5.74, 6) is -3.69. The van der Waals surface area contributed by atoms with Gasteiger partial charge >= 0.3 is 0 Å². The number of amides is 1. The van der Waals surface area contributed by atoms with Gasteiger partial charge in [-0.1, -0.05) is 0 Å². The molecule has 0 saturated heterocycles. The Morgan fingerprint density at radius 1 is 1.46 bits per heavy atom. The molecule has 0 bridgehead atoms. The summed E-state index contributed by atoms with van der Waals surface area (Å²) in [6, 6.07) is 0. The fourth-order valence-corrected chi connectivity index (χ4v) is 1.78. The Morgan fingerprint density at radius 2 is 2.08 bits per heavy atom. The van der Waals surface area contributed by atoms with Crippen molar-refractivity contribution in [2.24, 2.45) is 11.1 Å². The third-order valence-corrected chi connectivity index (χ3v) is 2.62. The Kier molecular flexibility index (Phi) is 2.56. The second-order valence-electron chi connectivity index (χ2n) is 3.69. The fourth-order valence-electron chi connectivity index (χ4n) is 1.78. The number of halogens is 2. The summed E-state index contributed by atoms with van der Waals surface area (Å²) in [7, 11) is 0. The average Bonchev–Trinajstić information content (AvgIpc) is 2.02. The van der Waals surface area contributed by atoms with Gasteiger partial charge in [0.1, 0.15) is 0 Å². The van der Waals surface area contributed by atoms with Crippen LogP contribution in [0.25, 0.3) is 0 Å². The molecule has 3 N–H and O–H groups in total. The molecule has 1 atom stereocenters. The van der Waals surface area contributed by atoms with Crippen molar-refractivity contribution in [3.8, 4) is 0 Å². The van der Waals surface area contributed by atoms with Crippen molar-refractivity contribution < 1.29 is 18.7 Å². The maximum atomic E-state index is 12.9. The van der Waals surface area contributed by atoms with Crippen LogP contribution in [-0.2, 0) is 4.79 Å². The summed E-state index contributed by atoms with van der Waals surface area (Å²) < 4.78 is 25.9. The van der Waals surface area contributed by atoms with Gasteiger partial charge in [-0.05, 0) is 12.8 Å². The third kappa shape index (κ3) is 1.96. The van der Waals surface area contributed by atoms with E-state index in [2.05, 4.69) is 0 Å². The smallest absolute Gasteiger partial charge is 0.249 e. The maximum Gasteiger partial charge on any atom is 0.249 e. The van der Waals surface area contributed by atoms with Crippen LogP contribution in [-0.4, -0.2) is 23.5 Å². The molecule has 0 radical (unpaired) electrons. The van der Waals surface area contributed by atoms with E-state index >= 15 is 0 Å². The van der Waals surface area contributed by atoms with E-state index in [1.165, 1.54) is 0 Å². The highest BCUT2D eigenvalue weighted by Gasteiger charge is 2.48. The van der Waals surface area contributed by atoms with Crippen LogP contribution in [0.1, 0.15) is 25.7 Å². The van der Waals surface area contributed by atoms with Gasteiger partial charge in [0.2, 0.25) is 11.8 Å². The van der Waals surface area contributed by atoms with Crippen LogP contribution < -0.4 is 5.73 Å². The van der Waals surface area contributed by atoms with Gasteiger partial charge in [0.25, 0.3) is 0 Å². The molecule has 0 aromatic heterocycles. The van der Waals surface area contributed by atoms with E-state index in [0.717, 1.165) is 0 Å². The van der Waals surface area contributed by atoms with Crippen molar-refractivity contribution >= 4 is 5.91 Å². The molecule has 1 unspecified atom stereocenters. The van der Waals surface area contributed by atoms with Crippen LogP contribution >= 0.6 is 0 Å². The average molecular weight is 193 g/mol. The maximum absolute atomic E-state index is 12.9. The van der Waals surface area contributed by atoms with Crippen LogP contribution in [0.4, 0.5) is 8.78 Å². The molecule has 0 spiro atoms. The number of aliphatic hydroxyl groups excluding tert-OH is 1. The number of rotatable bonds is 2. The number of primary amides is 1. The van der Waals surface area contributed by atoms with E-state index in [9.17, 15) is 13.6 Å². The van der Waals surface area contributed by atoms with E-state index in [0.29, 0.717) is 0 Å². The molecule has 1 saturated carbocycles. The number of carbonyl (C=O) groups is 1. The zero-order valence-corrected chi connectivity index (χ0v) is 7.22. The first kappa shape index (κ1) is 10.4. The van der Waals surface area contributed by atoms with Crippen LogP contribution in [0, 0.1) is 5.41 Å².